The van der Waals surface area contributed by atoms with E-state index in [1.54, 1.807) is 45.0 Å². The van der Waals surface area contributed by atoms with Crippen LogP contribution in [0.5, 0.6) is 11.5 Å². The molecule has 26 heavy (non-hydrogen) atoms. The first-order valence-electron chi connectivity index (χ1n) is 7.74. The molecule has 1 aromatic carbocycles. The molecule has 3 aromatic rings. The van der Waals surface area contributed by atoms with Crippen molar-refractivity contribution in [2.75, 3.05) is 25.3 Å². The molecule has 2 aromatic heterocycles. The molecule has 0 radical (unpaired) electrons. The van der Waals surface area contributed by atoms with E-state index >= 15 is 0 Å². The lowest BCUT2D eigenvalue weighted by atomic mass is 10.2. The van der Waals surface area contributed by atoms with Crippen molar-refractivity contribution >= 4 is 23.4 Å². The van der Waals surface area contributed by atoms with Crippen LogP contribution in [0.25, 0.3) is 0 Å². The van der Waals surface area contributed by atoms with Crippen molar-refractivity contribution in [2.24, 2.45) is 0 Å². The van der Waals surface area contributed by atoms with Crippen LogP contribution in [-0.4, -0.2) is 40.6 Å². The lowest BCUT2D eigenvalue weighted by molar-refractivity contribution is -0.113. The quantitative estimate of drug-likeness (QED) is 0.606. The van der Waals surface area contributed by atoms with Crippen molar-refractivity contribution in [2.45, 2.75) is 11.7 Å². The third-order valence-corrected chi connectivity index (χ3v) is 4.47. The first-order valence-corrected chi connectivity index (χ1v) is 8.73. The van der Waals surface area contributed by atoms with Crippen molar-refractivity contribution in [3.63, 3.8) is 0 Å². The molecular formula is C17H18N4O4S. The maximum absolute atomic E-state index is 12.2. The smallest absolute Gasteiger partial charge is 0.234 e. The molecule has 0 spiro atoms. The van der Waals surface area contributed by atoms with Gasteiger partial charge in [0.25, 0.3) is 0 Å². The number of aromatic nitrogens is 3. The second-order valence-corrected chi connectivity index (χ2v) is 6.17. The summed E-state index contributed by atoms with van der Waals surface area (Å²) >= 11 is 1.30. The van der Waals surface area contributed by atoms with Gasteiger partial charge in [0.15, 0.2) is 16.7 Å². The van der Waals surface area contributed by atoms with Crippen LogP contribution in [0.2, 0.25) is 0 Å². The fourth-order valence-corrected chi connectivity index (χ4v) is 2.99. The second kappa shape index (κ2) is 8.43. The van der Waals surface area contributed by atoms with Gasteiger partial charge in [0.1, 0.15) is 12.1 Å². The van der Waals surface area contributed by atoms with Crippen LogP contribution in [0.3, 0.4) is 0 Å². The van der Waals surface area contributed by atoms with Crippen LogP contribution in [0.4, 0.5) is 5.69 Å². The largest absolute Gasteiger partial charge is 0.493 e. The van der Waals surface area contributed by atoms with Gasteiger partial charge in [-0.1, -0.05) is 11.8 Å². The van der Waals surface area contributed by atoms with Gasteiger partial charge in [-0.2, -0.15) is 0 Å². The van der Waals surface area contributed by atoms with Gasteiger partial charge in [-0.05, 0) is 24.3 Å². The minimum atomic E-state index is -0.158. The number of carbonyl (C=O) groups excluding carboxylic acids is 1. The van der Waals surface area contributed by atoms with Gasteiger partial charge in [-0.3, -0.25) is 4.79 Å². The molecule has 0 saturated heterocycles. The van der Waals surface area contributed by atoms with E-state index in [4.69, 9.17) is 13.9 Å². The van der Waals surface area contributed by atoms with Crippen molar-refractivity contribution in [3.8, 4) is 11.5 Å². The van der Waals surface area contributed by atoms with Crippen LogP contribution in [0.1, 0.15) is 5.76 Å². The number of rotatable bonds is 8. The van der Waals surface area contributed by atoms with Gasteiger partial charge < -0.3 is 23.8 Å². The van der Waals surface area contributed by atoms with Gasteiger partial charge in [0.2, 0.25) is 5.91 Å². The maximum atomic E-state index is 12.2. The standard InChI is InChI=1S/C17H18N4O4S/c1-23-14-6-5-12(8-15(14)24-2)19-16(22)10-26-17-20-18-11-21(17)9-13-4-3-7-25-13/h3-8,11H,9-10H2,1-2H3,(H,19,22). The molecule has 0 bridgehead atoms. The highest BCUT2D eigenvalue weighted by atomic mass is 32.2. The normalized spacial score (nSPS) is 10.5. The summed E-state index contributed by atoms with van der Waals surface area (Å²) in [6.07, 6.45) is 3.22. The Morgan fingerprint density at radius 3 is 2.85 bits per heavy atom. The predicted molar refractivity (Wildman–Crippen MR) is 96.7 cm³/mol. The number of furan rings is 1. The molecule has 0 saturated carbocycles. The molecule has 2 heterocycles. The molecule has 0 aliphatic carbocycles. The molecular weight excluding hydrogens is 356 g/mol. The molecule has 136 valence electrons. The van der Waals surface area contributed by atoms with E-state index in [1.165, 1.54) is 11.8 Å². The Bertz CT molecular complexity index is 864. The Balaban J connectivity index is 1.57. The second-order valence-electron chi connectivity index (χ2n) is 5.23. The molecule has 0 aliphatic rings. The number of methoxy groups -OCH3 is 2. The minimum Gasteiger partial charge on any atom is -0.493 e. The molecule has 0 unspecified atom stereocenters. The maximum Gasteiger partial charge on any atom is 0.234 e. The fraction of sp³-hybridized carbons (Fsp3) is 0.235. The Morgan fingerprint density at radius 2 is 2.12 bits per heavy atom. The Labute approximate surface area is 154 Å². The third kappa shape index (κ3) is 4.37. The first kappa shape index (κ1) is 17.9. The van der Waals surface area contributed by atoms with Gasteiger partial charge in [-0.15, -0.1) is 10.2 Å². The summed E-state index contributed by atoms with van der Waals surface area (Å²) in [6.45, 7) is 0.514. The van der Waals surface area contributed by atoms with Gasteiger partial charge in [0, 0.05) is 11.8 Å². The zero-order chi connectivity index (χ0) is 18.4. The SMILES string of the molecule is COc1ccc(NC(=O)CSc2nncn2Cc2ccco2)cc1OC. The average molecular weight is 374 g/mol. The first-order chi connectivity index (χ1) is 12.7. The summed E-state index contributed by atoms with van der Waals surface area (Å²) in [5.74, 6) is 1.99. The topological polar surface area (TPSA) is 91.4 Å². The van der Waals surface area contributed by atoms with E-state index in [1.807, 2.05) is 16.7 Å². The minimum absolute atomic E-state index is 0.158. The number of benzene rings is 1. The summed E-state index contributed by atoms with van der Waals surface area (Å²) in [4.78, 5) is 12.2. The van der Waals surface area contributed by atoms with Crippen LogP contribution in [0, 0.1) is 0 Å². The summed E-state index contributed by atoms with van der Waals surface area (Å²) in [5.41, 5.74) is 0.630. The monoisotopic (exact) mass is 374 g/mol. The van der Waals surface area contributed by atoms with Crippen molar-refractivity contribution in [1.29, 1.82) is 0 Å². The lowest BCUT2D eigenvalue weighted by Crippen LogP contribution is -2.14. The highest BCUT2D eigenvalue weighted by Gasteiger charge is 2.11. The zero-order valence-corrected chi connectivity index (χ0v) is 15.2. The van der Waals surface area contributed by atoms with Crippen molar-refractivity contribution < 1.29 is 18.7 Å². The van der Waals surface area contributed by atoms with Gasteiger partial charge in [-0.25, -0.2) is 0 Å². The Morgan fingerprint density at radius 1 is 1.27 bits per heavy atom. The Hall–Kier alpha value is -2.94. The van der Waals surface area contributed by atoms with E-state index in [-0.39, 0.29) is 11.7 Å². The summed E-state index contributed by atoms with van der Waals surface area (Å²) in [7, 11) is 3.11. The molecule has 1 amide bonds. The Kier molecular flexibility index (Phi) is 5.80. The number of ether oxygens (including phenoxy) is 2. The van der Waals surface area contributed by atoms with E-state index in [0.717, 1.165) is 5.76 Å². The zero-order valence-electron chi connectivity index (χ0n) is 14.3. The number of hydrogen-bond donors (Lipinski definition) is 1. The summed E-state index contributed by atoms with van der Waals surface area (Å²) in [6, 6.07) is 8.90. The number of nitrogens with one attached hydrogen (secondary N) is 1. The molecule has 0 aliphatic heterocycles. The van der Waals surface area contributed by atoms with E-state index in [9.17, 15) is 4.79 Å². The van der Waals surface area contributed by atoms with Gasteiger partial charge in [0.05, 0.1) is 32.8 Å². The molecule has 0 atom stereocenters. The molecule has 9 heteroatoms. The lowest BCUT2D eigenvalue weighted by Gasteiger charge is -2.10. The number of hydrogen-bond acceptors (Lipinski definition) is 7. The van der Waals surface area contributed by atoms with Crippen LogP contribution in [0.15, 0.2) is 52.5 Å². The molecule has 3 rings (SSSR count). The number of carbonyl (C=O) groups is 1. The average Bonchev–Trinajstić information content (AvgIpc) is 3.32. The summed E-state index contributed by atoms with van der Waals surface area (Å²) in [5, 5.41) is 11.4. The highest BCUT2D eigenvalue weighted by molar-refractivity contribution is 7.99. The number of amides is 1. The summed E-state index contributed by atoms with van der Waals surface area (Å²) < 4.78 is 17.6. The van der Waals surface area contributed by atoms with Crippen molar-refractivity contribution in [1.82, 2.24) is 14.8 Å². The van der Waals surface area contributed by atoms with Crippen LogP contribution in [-0.2, 0) is 11.3 Å². The predicted octanol–water partition coefficient (Wildman–Crippen LogP) is 2.67. The van der Waals surface area contributed by atoms with Crippen LogP contribution >= 0.6 is 11.8 Å². The molecule has 8 nitrogen and oxygen atoms in total. The van der Waals surface area contributed by atoms with E-state index < -0.39 is 0 Å². The molecule has 0 fully saturated rings. The van der Waals surface area contributed by atoms with Crippen LogP contribution < -0.4 is 14.8 Å². The van der Waals surface area contributed by atoms with E-state index in [2.05, 4.69) is 15.5 Å². The third-order valence-electron chi connectivity index (χ3n) is 3.49. The highest BCUT2D eigenvalue weighted by Crippen LogP contribution is 2.29. The fourth-order valence-electron chi connectivity index (χ4n) is 2.28. The number of thioether (sulfide) groups is 1. The number of nitrogens with zero attached hydrogens (tertiary/aromatic N) is 3. The van der Waals surface area contributed by atoms with Crippen molar-refractivity contribution in [3.05, 3.63) is 48.7 Å². The van der Waals surface area contributed by atoms with E-state index in [0.29, 0.717) is 28.9 Å². The number of anilines is 1. The molecule has 1 N–H and O–H groups in total. The van der Waals surface area contributed by atoms with Gasteiger partial charge >= 0.3 is 0 Å².